The second-order valence-electron chi connectivity index (χ2n) is 7.01. The van der Waals surface area contributed by atoms with E-state index in [-0.39, 0.29) is 0 Å². The van der Waals surface area contributed by atoms with E-state index in [9.17, 15) is 9.90 Å². The molecule has 0 aliphatic carbocycles. The highest BCUT2D eigenvalue weighted by Gasteiger charge is 2.40. The molecule has 146 valence electrons. The van der Waals surface area contributed by atoms with Crippen LogP contribution < -0.4 is 0 Å². The van der Waals surface area contributed by atoms with Crippen LogP contribution in [0.3, 0.4) is 0 Å². The molecule has 0 radical (unpaired) electrons. The summed E-state index contributed by atoms with van der Waals surface area (Å²) in [4.78, 5) is 11.9. The lowest BCUT2D eigenvalue weighted by molar-refractivity contribution is -0.142. The molecular formula is C25H27IO2. The summed E-state index contributed by atoms with van der Waals surface area (Å²) in [5.74, 6) is -0.803. The van der Waals surface area contributed by atoms with E-state index in [0.717, 1.165) is 11.1 Å². The van der Waals surface area contributed by atoms with Gasteiger partial charge in [0, 0.05) is 3.57 Å². The maximum atomic E-state index is 11.9. The topological polar surface area (TPSA) is 37.3 Å². The van der Waals surface area contributed by atoms with Gasteiger partial charge in [0.1, 0.15) is 5.41 Å². The first kappa shape index (κ1) is 22.2. The average Bonchev–Trinajstić information content (AvgIpc) is 2.69. The van der Waals surface area contributed by atoms with Crippen LogP contribution in [0, 0.1) is 24.3 Å². The van der Waals surface area contributed by atoms with Crippen molar-refractivity contribution in [1.29, 1.82) is 0 Å². The molecule has 0 saturated heterocycles. The highest BCUT2D eigenvalue weighted by Crippen LogP contribution is 2.35. The van der Waals surface area contributed by atoms with Gasteiger partial charge in [-0.2, -0.15) is 0 Å². The number of benzene rings is 3. The number of hydrogen-bond acceptors (Lipinski definition) is 1. The first-order valence-corrected chi connectivity index (χ1v) is 10.5. The Morgan fingerprint density at radius 3 is 1.57 bits per heavy atom. The van der Waals surface area contributed by atoms with Crippen molar-refractivity contribution < 1.29 is 9.90 Å². The van der Waals surface area contributed by atoms with Gasteiger partial charge < -0.3 is 5.11 Å². The molecule has 0 atom stereocenters. The monoisotopic (exact) mass is 486 g/mol. The lowest BCUT2D eigenvalue weighted by Crippen LogP contribution is -2.36. The van der Waals surface area contributed by atoms with Gasteiger partial charge in [0.25, 0.3) is 0 Å². The Morgan fingerprint density at radius 2 is 1.25 bits per heavy atom. The number of aryl methyl sites for hydroxylation is 3. The third-order valence-electron chi connectivity index (χ3n) is 5.01. The van der Waals surface area contributed by atoms with Gasteiger partial charge in [-0.1, -0.05) is 85.3 Å². The molecule has 0 unspecified atom stereocenters. The molecular weight excluding hydrogens is 459 g/mol. The van der Waals surface area contributed by atoms with Crippen LogP contribution in [0.1, 0.15) is 41.2 Å². The molecule has 1 N–H and O–H groups in total. The second-order valence-corrected chi connectivity index (χ2v) is 8.09. The zero-order valence-electron chi connectivity index (χ0n) is 16.9. The SMILES string of the molecule is CCC(C(=O)O)(c1ccccc1)c1ccccc1.Cc1cc(C)c(I)c(C)c1. The van der Waals surface area contributed by atoms with Crippen LogP contribution in [0.2, 0.25) is 0 Å². The molecule has 0 saturated carbocycles. The Balaban J connectivity index is 0.000000237. The van der Waals surface area contributed by atoms with Gasteiger partial charge in [-0.3, -0.25) is 4.79 Å². The van der Waals surface area contributed by atoms with E-state index in [2.05, 4.69) is 55.5 Å². The third-order valence-corrected chi connectivity index (χ3v) is 6.71. The van der Waals surface area contributed by atoms with Crippen LogP contribution in [-0.2, 0) is 10.2 Å². The van der Waals surface area contributed by atoms with Crippen LogP contribution in [0.15, 0.2) is 72.8 Å². The summed E-state index contributed by atoms with van der Waals surface area (Å²) in [6.45, 7) is 8.35. The molecule has 0 amide bonds. The highest BCUT2D eigenvalue weighted by atomic mass is 127. The van der Waals surface area contributed by atoms with Gasteiger partial charge in [0.05, 0.1) is 0 Å². The standard InChI is InChI=1S/C16H16O2.C9H11I/c1-2-16(15(17)18,13-9-5-3-6-10-13)14-11-7-4-8-12-14;1-6-4-7(2)9(10)8(3)5-6/h3-12H,2H2,1H3,(H,17,18);4-5H,1-3H3. The van der Waals surface area contributed by atoms with Gasteiger partial charge in [-0.05, 0) is 72.0 Å². The van der Waals surface area contributed by atoms with Crippen molar-refractivity contribution in [3.8, 4) is 0 Å². The summed E-state index contributed by atoms with van der Waals surface area (Å²) in [5, 5.41) is 9.73. The number of halogens is 1. The van der Waals surface area contributed by atoms with Gasteiger partial charge >= 0.3 is 5.97 Å². The number of carboxylic acids is 1. The minimum Gasteiger partial charge on any atom is -0.480 e. The highest BCUT2D eigenvalue weighted by molar-refractivity contribution is 14.1. The smallest absolute Gasteiger partial charge is 0.318 e. The molecule has 2 nitrogen and oxygen atoms in total. The van der Waals surface area contributed by atoms with Gasteiger partial charge in [-0.15, -0.1) is 0 Å². The minimum absolute atomic E-state index is 0.524. The van der Waals surface area contributed by atoms with Crippen LogP contribution in [0.5, 0.6) is 0 Å². The van der Waals surface area contributed by atoms with E-state index >= 15 is 0 Å². The van der Waals surface area contributed by atoms with E-state index in [1.54, 1.807) is 0 Å². The number of hydrogen-bond donors (Lipinski definition) is 1. The quantitative estimate of drug-likeness (QED) is 0.418. The molecule has 0 bridgehead atoms. The van der Waals surface area contributed by atoms with Crippen LogP contribution in [0.4, 0.5) is 0 Å². The molecule has 0 fully saturated rings. The molecule has 28 heavy (non-hydrogen) atoms. The van der Waals surface area contributed by atoms with E-state index < -0.39 is 11.4 Å². The summed E-state index contributed by atoms with van der Waals surface area (Å²) in [6, 6.07) is 23.3. The number of carbonyl (C=O) groups is 1. The molecule has 3 rings (SSSR count). The van der Waals surface area contributed by atoms with E-state index in [1.807, 2.05) is 67.6 Å². The fourth-order valence-electron chi connectivity index (χ4n) is 3.58. The Bertz CT molecular complexity index is 855. The summed E-state index contributed by atoms with van der Waals surface area (Å²) in [7, 11) is 0. The number of aliphatic carboxylic acids is 1. The molecule has 0 spiro atoms. The average molecular weight is 486 g/mol. The summed E-state index contributed by atoms with van der Waals surface area (Å²) in [5.41, 5.74) is 4.83. The van der Waals surface area contributed by atoms with Crippen molar-refractivity contribution in [2.24, 2.45) is 0 Å². The Labute approximate surface area is 181 Å². The Kier molecular flexibility index (Phi) is 7.81. The van der Waals surface area contributed by atoms with E-state index in [1.165, 1.54) is 20.3 Å². The van der Waals surface area contributed by atoms with Crippen molar-refractivity contribution in [1.82, 2.24) is 0 Å². The summed E-state index contributed by atoms with van der Waals surface area (Å²) >= 11 is 2.39. The molecule has 0 heterocycles. The summed E-state index contributed by atoms with van der Waals surface area (Å²) in [6.07, 6.45) is 0.524. The van der Waals surface area contributed by atoms with Crippen molar-refractivity contribution in [2.75, 3.05) is 0 Å². The Morgan fingerprint density at radius 1 is 0.857 bits per heavy atom. The first-order chi connectivity index (χ1) is 13.3. The lowest BCUT2D eigenvalue weighted by atomic mass is 9.72. The van der Waals surface area contributed by atoms with Crippen molar-refractivity contribution in [3.05, 3.63) is 104 Å². The maximum absolute atomic E-state index is 11.9. The Hall–Kier alpha value is -2.14. The molecule has 0 aromatic heterocycles. The molecule has 0 aliphatic heterocycles. The number of rotatable bonds is 4. The van der Waals surface area contributed by atoms with Crippen molar-refractivity contribution in [2.45, 2.75) is 39.5 Å². The van der Waals surface area contributed by atoms with Crippen molar-refractivity contribution >= 4 is 28.6 Å². The van der Waals surface area contributed by atoms with E-state index in [0.29, 0.717) is 6.42 Å². The fourth-order valence-corrected chi connectivity index (χ4v) is 3.89. The number of carboxylic acid groups (broad SMARTS) is 1. The zero-order valence-corrected chi connectivity index (χ0v) is 19.0. The van der Waals surface area contributed by atoms with E-state index in [4.69, 9.17) is 0 Å². The first-order valence-electron chi connectivity index (χ1n) is 9.40. The van der Waals surface area contributed by atoms with Gasteiger partial charge in [-0.25, -0.2) is 0 Å². The molecule has 0 aliphatic rings. The van der Waals surface area contributed by atoms with Crippen LogP contribution >= 0.6 is 22.6 Å². The van der Waals surface area contributed by atoms with Gasteiger partial charge in [0.15, 0.2) is 0 Å². The molecule has 3 aromatic rings. The van der Waals surface area contributed by atoms with Crippen molar-refractivity contribution in [3.63, 3.8) is 0 Å². The van der Waals surface area contributed by atoms with Crippen LogP contribution in [0.25, 0.3) is 0 Å². The second kappa shape index (κ2) is 9.87. The predicted molar refractivity (Wildman–Crippen MR) is 125 cm³/mol. The van der Waals surface area contributed by atoms with Crippen LogP contribution in [-0.4, -0.2) is 11.1 Å². The fraction of sp³-hybridized carbons (Fsp3) is 0.240. The maximum Gasteiger partial charge on any atom is 0.318 e. The minimum atomic E-state index is -0.956. The van der Waals surface area contributed by atoms with Gasteiger partial charge in [0.2, 0.25) is 0 Å². The summed E-state index contributed by atoms with van der Waals surface area (Å²) < 4.78 is 1.39. The third kappa shape index (κ3) is 4.82. The predicted octanol–water partition coefficient (Wildman–Crippen LogP) is 6.68. The largest absolute Gasteiger partial charge is 0.480 e. The molecule has 3 aromatic carbocycles. The lowest BCUT2D eigenvalue weighted by Gasteiger charge is -2.29. The normalized spacial score (nSPS) is 10.8. The molecule has 3 heteroatoms. The zero-order chi connectivity index (χ0) is 20.7.